The van der Waals surface area contributed by atoms with E-state index in [1.54, 1.807) is 30.5 Å². The second-order valence-electron chi connectivity index (χ2n) is 3.24. The third-order valence-electron chi connectivity index (χ3n) is 1.99. The summed E-state index contributed by atoms with van der Waals surface area (Å²) in [6, 6.07) is 8.32. The van der Waals surface area contributed by atoms with Gasteiger partial charge in [0, 0.05) is 12.1 Å². The van der Waals surface area contributed by atoms with Gasteiger partial charge in [0.2, 0.25) is 17.3 Å². The first-order valence-electron chi connectivity index (χ1n) is 4.94. The van der Waals surface area contributed by atoms with Crippen molar-refractivity contribution in [2.24, 2.45) is 10.9 Å². The maximum atomic E-state index is 11.5. The van der Waals surface area contributed by atoms with Crippen molar-refractivity contribution in [1.82, 2.24) is 0 Å². The van der Waals surface area contributed by atoms with Crippen molar-refractivity contribution in [3.8, 4) is 0 Å². The summed E-state index contributed by atoms with van der Waals surface area (Å²) in [4.78, 5) is 19.0. The fourth-order valence-electron chi connectivity index (χ4n) is 1.16. The van der Waals surface area contributed by atoms with Crippen molar-refractivity contribution >= 4 is 27.7 Å². The summed E-state index contributed by atoms with van der Waals surface area (Å²) < 4.78 is 5.44. The van der Waals surface area contributed by atoms with Crippen molar-refractivity contribution < 1.29 is 19.0 Å². The number of carbonyl (C=O) groups excluding carboxylic acids is 1. The molecule has 6 nitrogen and oxygen atoms in total. The largest absolute Gasteiger partial charge is 0.442 e. The van der Waals surface area contributed by atoms with E-state index in [-0.39, 0.29) is 11.6 Å². The van der Waals surface area contributed by atoms with Gasteiger partial charge in [-0.25, -0.2) is 9.78 Å². The van der Waals surface area contributed by atoms with Crippen molar-refractivity contribution in [1.29, 1.82) is 0 Å². The van der Waals surface area contributed by atoms with Crippen LogP contribution in [-0.2, 0) is 4.84 Å². The standard InChI is InChI=1S/C11H8BrN3O3/c12-9-5-4-8(17-9)11(16)18-15-10(13)7-3-1-2-6-14-7/h1-6H,(H2,13,15)/p+1. The maximum Gasteiger partial charge on any atom is 0.400 e. The van der Waals surface area contributed by atoms with E-state index in [2.05, 4.69) is 30.9 Å². The molecule has 2 heterocycles. The number of nitrogens with zero attached hydrogens (tertiary/aromatic N) is 1. The first kappa shape index (κ1) is 12.3. The molecule has 7 heteroatoms. The highest BCUT2D eigenvalue weighted by Crippen LogP contribution is 2.14. The van der Waals surface area contributed by atoms with Crippen LogP contribution in [0.1, 0.15) is 16.2 Å². The van der Waals surface area contributed by atoms with Crippen LogP contribution in [-0.4, -0.2) is 11.8 Å². The number of aromatic nitrogens is 1. The molecule has 2 aromatic heterocycles. The first-order chi connectivity index (χ1) is 8.66. The summed E-state index contributed by atoms with van der Waals surface area (Å²) in [6.45, 7) is 0. The average molecular weight is 311 g/mol. The van der Waals surface area contributed by atoms with Crippen LogP contribution in [0, 0.1) is 0 Å². The van der Waals surface area contributed by atoms with Gasteiger partial charge >= 0.3 is 5.97 Å². The van der Waals surface area contributed by atoms with Gasteiger partial charge < -0.3 is 15.0 Å². The monoisotopic (exact) mass is 310 g/mol. The Bertz CT molecular complexity index is 580. The quantitative estimate of drug-likeness (QED) is 0.401. The number of carbonyl (C=O) groups is 1. The lowest BCUT2D eigenvalue weighted by Crippen LogP contribution is -2.24. The molecule has 0 bridgehead atoms. The Kier molecular flexibility index (Phi) is 3.73. The third kappa shape index (κ3) is 2.95. The minimum atomic E-state index is -0.723. The molecule has 0 spiro atoms. The van der Waals surface area contributed by atoms with Gasteiger partial charge in [-0.05, 0) is 34.1 Å². The molecule has 92 valence electrons. The molecule has 0 aliphatic rings. The number of aromatic amines is 1. The molecule has 0 aliphatic carbocycles. The molecule has 2 rings (SSSR count). The van der Waals surface area contributed by atoms with E-state index < -0.39 is 5.97 Å². The fourth-order valence-corrected chi connectivity index (χ4v) is 1.47. The summed E-state index contributed by atoms with van der Waals surface area (Å²) in [5, 5.41) is 3.52. The average Bonchev–Trinajstić information content (AvgIpc) is 2.83. The van der Waals surface area contributed by atoms with Crippen molar-refractivity contribution in [3.05, 3.63) is 52.7 Å². The van der Waals surface area contributed by atoms with Gasteiger partial charge in [0.1, 0.15) is 0 Å². The van der Waals surface area contributed by atoms with E-state index in [1.165, 1.54) is 6.07 Å². The van der Waals surface area contributed by atoms with Gasteiger partial charge in [-0.2, -0.15) is 0 Å². The van der Waals surface area contributed by atoms with Gasteiger partial charge in [-0.3, -0.25) is 0 Å². The molecule has 0 amide bonds. The zero-order chi connectivity index (χ0) is 13.0. The summed E-state index contributed by atoms with van der Waals surface area (Å²) in [5.41, 5.74) is 6.18. The number of hydrogen-bond acceptors (Lipinski definition) is 4. The Morgan fingerprint density at radius 1 is 1.39 bits per heavy atom. The van der Waals surface area contributed by atoms with Gasteiger partial charge in [-0.15, -0.1) is 0 Å². The number of halogens is 1. The van der Waals surface area contributed by atoms with Gasteiger partial charge in [-0.1, -0.05) is 5.16 Å². The minimum Gasteiger partial charge on any atom is -0.442 e. The lowest BCUT2D eigenvalue weighted by molar-refractivity contribution is -0.380. The van der Waals surface area contributed by atoms with Gasteiger partial charge in [0.15, 0.2) is 10.9 Å². The predicted octanol–water partition coefficient (Wildman–Crippen LogP) is 1.33. The lowest BCUT2D eigenvalue weighted by Gasteiger charge is -1.95. The molecule has 0 fully saturated rings. The van der Waals surface area contributed by atoms with E-state index in [0.717, 1.165) is 0 Å². The predicted molar refractivity (Wildman–Crippen MR) is 65.5 cm³/mol. The summed E-state index contributed by atoms with van der Waals surface area (Å²) >= 11 is 3.08. The van der Waals surface area contributed by atoms with E-state index in [4.69, 9.17) is 10.2 Å². The van der Waals surface area contributed by atoms with E-state index >= 15 is 0 Å². The highest BCUT2D eigenvalue weighted by Gasteiger charge is 2.13. The third-order valence-corrected chi connectivity index (χ3v) is 2.41. The molecular weight excluding hydrogens is 302 g/mol. The molecule has 0 aromatic carbocycles. The Hall–Kier alpha value is -2.15. The number of hydrogen-bond donors (Lipinski definition) is 1. The van der Waals surface area contributed by atoms with Crippen molar-refractivity contribution in [2.75, 3.05) is 0 Å². The van der Waals surface area contributed by atoms with E-state index in [0.29, 0.717) is 10.4 Å². The van der Waals surface area contributed by atoms with Gasteiger partial charge in [0.25, 0.3) is 0 Å². The number of H-pyrrole nitrogens is 1. The Morgan fingerprint density at radius 3 is 2.83 bits per heavy atom. The van der Waals surface area contributed by atoms with Gasteiger partial charge in [0.05, 0.1) is 0 Å². The number of amidine groups is 1. The second-order valence-corrected chi connectivity index (χ2v) is 4.02. The van der Waals surface area contributed by atoms with Crippen LogP contribution < -0.4 is 10.7 Å². The van der Waals surface area contributed by atoms with E-state index in [1.807, 2.05) is 0 Å². The first-order valence-corrected chi connectivity index (χ1v) is 5.73. The number of nitrogens with one attached hydrogen (secondary N) is 1. The zero-order valence-corrected chi connectivity index (χ0v) is 10.7. The molecular formula is C11H9BrN3O3+. The van der Waals surface area contributed by atoms with Crippen LogP contribution in [0.15, 0.2) is 50.8 Å². The van der Waals surface area contributed by atoms with Crippen LogP contribution in [0.4, 0.5) is 0 Å². The van der Waals surface area contributed by atoms with Crippen molar-refractivity contribution in [2.45, 2.75) is 0 Å². The summed E-state index contributed by atoms with van der Waals surface area (Å²) in [6.07, 6.45) is 1.68. The molecule has 0 aliphatic heterocycles. The molecule has 3 N–H and O–H groups in total. The molecule has 2 aromatic rings. The zero-order valence-electron chi connectivity index (χ0n) is 9.09. The normalized spacial score (nSPS) is 11.3. The molecule has 0 saturated carbocycles. The number of rotatable bonds is 3. The van der Waals surface area contributed by atoms with E-state index in [9.17, 15) is 4.79 Å². The van der Waals surface area contributed by atoms with Crippen LogP contribution in [0.2, 0.25) is 0 Å². The number of furan rings is 1. The van der Waals surface area contributed by atoms with Crippen LogP contribution >= 0.6 is 15.9 Å². The number of oxime groups is 1. The van der Waals surface area contributed by atoms with Crippen LogP contribution in [0.3, 0.4) is 0 Å². The van der Waals surface area contributed by atoms with Crippen LogP contribution in [0.25, 0.3) is 0 Å². The highest BCUT2D eigenvalue weighted by atomic mass is 79.9. The Morgan fingerprint density at radius 2 is 2.22 bits per heavy atom. The molecule has 18 heavy (non-hydrogen) atoms. The lowest BCUT2D eigenvalue weighted by atomic mass is 10.3. The molecule has 0 saturated heterocycles. The second kappa shape index (κ2) is 5.46. The smallest absolute Gasteiger partial charge is 0.400 e. The molecule has 0 unspecified atom stereocenters. The molecule has 0 atom stereocenters. The fraction of sp³-hybridized carbons (Fsp3) is 0. The topological polar surface area (TPSA) is 92.0 Å². The summed E-state index contributed by atoms with van der Waals surface area (Å²) in [7, 11) is 0. The summed E-state index contributed by atoms with van der Waals surface area (Å²) in [5.74, 6) is -0.621. The Balaban J connectivity index is 2.05. The maximum absolute atomic E-state index is 11.5. The molecule has 0 radical (unpaired) electrons. The minimum absolute atomic E-state index is 0.0375. The number of pyridine rings is 1. The van der Waals surface area contributed by atoms with Crippen molar-refractivity contribution in [3.63, 3.8) is 0 Å². The highest BCUT2D eigenvalue weighted by molar-refractivity contribution is 9.10. The number of nitrogens with two attached hydrogens (primary N) is 1. The SMILES string of the molecule is NC(=NOC(=O)c1ccc(Br)o1)c1cccc[nH+]1. The Labute approximate surface area is 111 Å². The van der Waals surface area contributed by atoms with Crippen LogP contribution in [0.5, 0.6) is 0 Å².